The largest absolute Gasteiger partial charge is 0.323 e. The minimum Gasteiger partial charge on any atom is -0.323 e. The Morgan fingerprint density at radius 3 is 0.692 bits per heavy atom. The second-order valence-electron chi connectivity index (χ2n) is 1.65. The van der Waals surface area contributed by atoms with Crippen molar-refractivity contribution in [1.82, 2.24) is 5.32 Å². The normalized spacial score (nSPS) is 6.00. The van der Waals surface area contributed by atoms with Gasteiger partial charge in [-0.2, -0.15) is 0 Å². The molecule has 0 amide bonds. The Kier molecular flexibility index (Phi) is 42.2. The van der Waals surface area contributed by atoms with Gasteiger partial charge in [-0.05, 0) is 14.1 Å². The van der Waals surface area contributed by atoms with E-state index in [1.165, 1.54) is 0 Å². The molecule has 0 saturated heterocycles. The molecule has 0 atom stereocenters. The van der Waals surface area contributed by atoms with Gasteiger partial charge in [0.15, 0.2) is 0 Å². The molecule has 1 N–H and O–H groups in total. The van der Waals surface area contributed by atoms with E-state index in [-0.39, 0.29) is 0 Å². The first-order valence-corrected chi connectivity index (χ1v) is 5.00. The van der Waals surface area contributed by atoms with E-state index >= 15 is 0 Å². The van der Waals surface area contributed by atoms with Gasteiger partial charge in [0.25, 0.3) is 0 Å². The van der Waals surface area contributed by atoms with Crippen LogP contribution in [0.4, 0.5) is 0 Å². The molecule has 0 bridgehead atoms. The minimum absolute atomic E-state index is 1.88. The smallest absolute Gasteiger partial charge is 0.0167 e. The maximum absolute atomic E-state index is 2.75. The standard InChI is InChI=1S/C6H6.C2H7N.2C2H6/c1-2-4-6-5-3-1;1-3-2;2*1-2/h1-6H;3H,1-2H3;2*1-2H3. The van der Waals surface area contributed by atoms with Crippen LogP contribution < -0.4 is 5.32 Å². The lowest BCUT2D eigenvalue weighted by Crippen LogP contribution is -1.89. The molecule has 13 heavy (non-hydrogen) atoms. The zero-order valence-electron chi connectivity index (χ0n) is 9.96. The molecular formula is C12H25N. The van der Waals surface area contributed by atoms with E-state index in [0.29, 0.717) is 0 Å². The van der Waals surface area contributed by atoms with E-state index in [1.54, 1.807) is 0 Å². The quantitative estimate of drug-likeness (QED) is 0.648. The summed E-state index contributed by atoms with van der Waals surface area (Å²) in [7, 11) is 3.75. The van der Waals surface area contributed by atoms with Gasteiger partial charge in [-0.15, -0.1) is 0 Å². The van der Waals surface area contributed by atoms with Gasteiger partial charge in [0.2, 0.25) is 0 Å². The van der Waals surface area contributed by atoms with Crippen molar-refractivity contribution in [2.75, 3.05) is 14.1 Å². The monoisotopic (exact) mass is 183 g/mol. The number of rotatable bonds is 0. The lowest BCUT2D eigenvalue weighted by atomic mass is 10.4. The molecule has 0 radical (unpaired) electrons. The summed E-state index contributed by atoms with van der Waals surface area (Å²) in [6.07, 6.45) is 0. The van der Waals surface area contributed by atoms with E-state index in [0.717, 1.165) is 0 Å². The van der Waals surface area contributed by atoms with Crippen LogP contribution in [-0.4, -0.2) is 14.1 Å². The van der Waals surface area contributed by atoms with Gasteiger partial charge < -0.3 is 5.32 Å². The van der Waals surface area contributed by atoms with Crippen LogP contribution in [0.2, 0.25) is 0 Å². The molecule has 1 aromatic carbocycles. The molecule has 0 aliphatic carbocycles. The number of nitrogens with one attached hydrogen (secondary N) is 1. The maximum Gasteiger partial charge on any atom is -0.0167 e. The van der Waals surface area contributed by atoms with Gasteiger partial charge >= 0.3 is 0 Å². The fourth-order valence-electron chi connectivity index (χ4n) is 0.385. The first-order chi connectivity index (χ1) is 6.41. The Bertz CT molecular complexity index is 88.0. The molecule has 0 fully saturated rings. The van der Waals surface area contributed by atoms with E-state index in [2.05, 4.69) is 5.32 Å². The fourth-order valence-corrected chi connectivity index (χ4v) is 0.385. The maximum atomic E-state index is 2.75. The van der Waals surface area contributed by atoms with E-state index < -0.39 is 0 Å². The van der Waals surface area contributed by atoms with Gasteiger partial charge in [0, 0.05) is 0 Å². The topological polar surface area (TPSA) is 12.0 Å². The third-order valence-electron chi connectivity index (χ3n) is 0.667. The SMILES string of the molecule is CC.CC.CNC.c1ccccc1. The molecule has 0 aromatic heterocycles. The Morgan fingerprint density at radius 2 is 0.615 bits per heavy atom. The average Bonchev–Trinajstić information content (AvgIpc) is 2.27. The van der Waals surface area contributed by atoms with Crippen molar-refractivity contribution in [3.05, 3.63) is 36.4 Å². The summed E-state index contributed by atoms with van der Waals surface area (Å²) < 4.78 is 0. The zero-order chi connectivity index (χ0) is 10.9. The molecule has 0 saturated carbocycles. The predicted octanol–water partition coefficient (Wildman–Crippen LogP) is 3.57. The summed E-state index contributed by atoms with van der Waals surface area (Å²) in [6.45, 7) is 8.00. The average molecular weight is 183 g/mol. The van der Waals surface area contributed by atoms with Crippen molar-refractivity contribution in [3.63, 3.8) is 0 Å². The Labute approximate surface area is 84.2 Å². The van der Waals surface area contributed by atoms with Crippen molar-refractivity contribution in [3.8, 4) is 0 Å². The molecule has 0 heterocycles. The lowest BCUT2D eigenvalue weighted by molar-refractivity contribution is 1.02. The van der Waals surface area contributed by atoms with Gasteiger partial charge in [-0.25, -0.2) is 0 Å². The van der Waals surface area contributed by atoms with Crippen LogP contribution in [-0.2, 0) is 0 Å². The highest BCUT2D eigenvalue weighted by atomic mass is 14.7. The molecular weight excluding hydrogens is 158 g/mol. The molecule has 78 valence electrons. The second-order valence-corrected chi connectivity index (χ2v) is 1.65. The van der Waals surface area contributed by atoms with Gasteiger partial charge in [0.05, 0.1) is 0 Å². The first kappa shape index (κ1) is 18.1. The lowest BCUT2D eigenvalue weighted by Gasteiger charge is -1.69. The van der Waals surface area contributed by atoms with Crippen molar-refractivity contribution in [2.45, 2.75) is 27.7 Å². The summed E-state index contributed by atoms with van der Waals surface area (Å²) in [5.74, 6) is 0. The Morgan fingerprint density at radius 1 is 0.538 bits per heavy atom. The van der Waals surface area contributed by atoms with Crippen LogP contribution in [0.25, 0.3) is 0 Å². The second kappa shape index (κ2) is 30.3. The zero-order valence-corrected chi connectivity index (χ0v) is 9.96. The van der Waals surface area contributed by atoms with Crippen molar-refractivity contribution >= 4 is 0 Å². The van der Waals surface area contributed by atoms with Crippen molar-refractivity contribution in [1.29, 1.82) is 0 Å². The van der Waals surface area contributed by atoms with Crippen LogP contribution in [0, 0.1) is 0 Å². The van der Waals surface area contributed by atoms with Gasteiger partial charge in [-0.3, -0.25) is 0 Å². The van der Waals surface area contributed by atoms with Crippen molar-refractivity contribution < 1.29 is 0 Å². The third kappa shape index (κ3) is 35.1. The van der Waals surface area contributed by atoms with E-state index in [9.17, 15) is 0 Å². The molecule has 1 heteroatoms. The van der Waals surface area contributed by atoms with Crippen molar-refractivity contribution in [2.24, 2.45) is 0 Å². The van der Waals surface area contributed by atoms with E-state index in [4.69, 9.17) is 0 Å². The summed E-state index contributed by atoms with van der Waals surface area (Å²) >= 11 is 0. The highest BCUT2D eigenvalue weighted by Gasteiger charge is 1.57. The number of hydrogen-bond donors (Lipinski definition) is 1. The fraction of sp³-hybridized carbons (Fsp3) is 0.500. The Hall–Kier alpha value is -0.820. The molecule has 1 aromatic rings. The summed E-state index contributed by atoms with van der Waals surface area (Å²) in [5, 5.41) is 2.75. The summed E-state index contributed by atoms with van der Waals surface area (Å²) in [5.41, 5.74) is 0. The minimum atomic E-state index is 1.88. The van der Waals surface area contributed by atoms with Crippen LogP contribution in [0.5, 0.6) is 0 Å². The molecule has 1 rings (SSSR count). The number of benzene rings is 1. The predicted molar refractivity (Wildman–Crippen MR) is 64.1 cm³/mol. The summed E-state index contributed by atoms with van der Waals surface area (Å²) in [4.78, 5) is 0. The molecule has 0 aliphatic heterocycles. The van der Waals surface area contributed by atoms with Crippen LogP contribution in [0.1, 0.15) is 27.7 Å². The van der Waals surface area contributed by atoms with Gasteiger partial charge in [0.1, 0.15) is 0 Å². The van der Waals surface area contributed by atoms with Crippen LogP contribution in [0.15, 0.2) is 36.4 Å². The first-order valence-electron chi connectivity index (χ1n) is 5.00. The molecule has 0 spiro atoms. The van der Waals surface area contributed by atoms with Crippen LogP contribution >= 0.6 is 0 Å². The summed E-state index contributed by atoms with van der Waals surface area (Å²) in [6, 6.07) is 12.0. The Balaban J connectivity index is -0.000000124. The van der Waals surface area contributed by atoms with Gasteiger partial charge in [-0.1, -0.05) is 64.1 Å². The number of hydrogen-bond acceptors (Lipinski definition) is 1. The highest BCUT2D eigenvalue weighted by Crippen LogP contribution is 1.79. The molecule has 0 unspecified atom stereocenters. The van der Waals surface area contributed by atoms with E-state index in [1.807, 2.05) is 78.2 Å². The van der Waals surface area contributed by atoms with Crippen LogP contribution in [0.3, 0.4) is 0 Å². The third-order valence-corrected chi connectivity index (χ3v) is 0.667. The molecule has 1 nitrogen and oxygen atoms in total. The molecule has 0 aliphatic rings. The highest BCUT2D eigenvalue weighted by molar-refractivity contribution is 4.99.